The Hall–Kier alpha value is -1.10. The second-order valence-electron chi connectivity index (χ2n) is 3.99. The third-order valence-corrected chi connectivity index (χ3v) is 4.46. The van der Waals surface area contributed by atoms with Gasteiger partial charge in [0, 0.05) is 12.2 Å². The number of nitrogens with two attached hydrogens (primary N) is 1. The van der Waals surface area contributed by atoms with E-state index in [0.717, 1.165) is 6.07 Å². The molecule has 0 aliphatic carbocycles. The van der Waals surface area contributed by atoms with E-state index >= 15 is 0 Å². The summed E-state index contributed by atoms with van der Waals surface area (Å²) < 4.78 is 75.1. The molecule has 5 nitrogen and oxygen atoms in total. The van der Waals surface area contributed by atoms with Crippen molar-refractivity contribution in [3.63, 3.8) is 0 Å². The van der Waals surface area contributed by atoms with Crippen molar-refractivity contribution in [1.29, 1.82) is 0 Å². The summed E-state index contributed by atoms with van der Waals surface area (Å²) in [6, 6.07) is 1.59. The van der Waals surface area contributed by atoms with Gasteiger partial charge in [0.2, 0.25) is 10.0 Å². The van der Waals surface area contributed by atoms with Crippen LogP contribution in [0.5, 0.6) is 0 Å². The lowest BCUT2D eigenvalue weighted by atomic mass is 10.3. The van der Waals surface area contributed by atoms with Gasteiger partial charge in [0.1, 0.15) is 11.4 Å². The van der Waals surface area contributed by atoms with Crippen LogP contribution in [0.3, 0.4) is 0 Å². The van der Waals surface area contributed by atoms with Crippen LogP contribution in [0.15, 0.2) is 17.0 Å². The highest BCUT2D eigenvalue weighted by Crippen LogP contribution is 2.29. The monoisotopic (exact) mass is 350 g/mol. The fourth-order valence-corrected chi connectivity index (χ4v) is 3.33. The minimum Gasteiger partial charge on any atom is -0.399 e. The van der Waals surface area contributed by atoms with Crippen LogP contribution in [0, 0.1) is 5.82 Å². The molecule has 0 saturated heterocycles. The number of anilines is 1. The largest absolute Gasteiger partial charge is 0.402 e. The topological polar surface area (TPSA) is 83.6 Å². The summed E-state index contributed by atoms with van der Waals surface area (Å²) in [6.07, 6.45) is -4.86. The van der Waals surface area contributed by atoms with Gasteiger partial charge >= 0.3 is 6.18 Å². The van der Waals surface area contributed by atoms with Gasteiger partial charge < -0.3 is 10.8 Å². The molecule has 0 amide bonds. The normalized spacial score (nSPS) is 12.9. The summed E-state index contributed by atoms with van der Waals surface area (Å²) in [5, 5.41) is 8.07. The minimum atomic E-state index is -4.86. The van der Waals surface area contributed by atoms with Crippen LogP contribution in [-0.4, -0.2) is 43.7 Å². The van der Waals surface area contributed by atoms with Gasteiger partial charge in [0.25, 0.3) is 0 Å². The van der Waals surface area contributed by atoms with Crippen LogP contribution < -0.4 is 5.73 Å². The van der Waals surface area contributed by atoms with Gasteiger partial charge in [0.05, 0.1) is 11.6 Å². The van der Waals surface area contributed by atoms with E-state index in [1.165, 1.54) is 0 Å². The molecule has 0 spiro atoms. The third kappa shape index (κ3) is 4.43. The molecular formula is C10H11ClF4N2O3S. The van der Waals surface area contributed by atoms with E-state index in [2.05, 4.69) is 0 Å². The van der Waals surface area contributed by atoms with Gasteiger partial charge in [-0.25, -0.2) is 12.8 Å². The molecule has 0 aromatic heterocycles. The SMILES string of the molecule is Nc1cc(Cl)c(F)c(S(=O)(=O)N(CCO)CC(F)(F)F)c1. The second-order valence-corrected chi connectivity index (χ2v) is 6.31. The minimum absolute atomic E-state index is 0.0960. The Kier molecular flexibility index (Phi) is 5.42. The standard InChI is InChI=1S/C10H11ClF4N2O3S/c11-7-3-6(16)4-8(9(7)12)21(19,20)17(1-2-18)5-10(13,14)15/h3-4,18H,1-2,5,16H2. The van der Waals surface area contributed by atoms with Gasteiger partial charge in [-0.2, -0.15) is 17.5 Å². The number of aliphatic hydroxyl groups is 1. The highest BCUT2D eigenvalue weighted by molar-refractivity contribution is 7.89. The van der Waals surface area contributed by atoms with Crippen molar-refractivity contribution in [1.82, 2.24) is 4.31 Å². The fraction of sp³-hybridized carbons (Fsp3) is 0.400. The molecule has 0 unspecified atom stereocenters. The number of nitrogen functional groups attached to an aromatic ring is 1. The van der Waals surface area contributed by atoms with Crippen LogP contribution in [0.25, 0.3) is 0 Å². The molecule has 0 aliphatic heterocycles. The van der Waals surface area contributed by atoms with Crippen molar-refractivity contribution in [2.75, 3.05) is 25.4 Å². The lowest BCUT2D eigenvalue weighted by Crippen LogP contribution is -2.41. The first kappa shape index (κ1) is 18.0. The number of halogens is 5. The van der Waals surface area contributed by atoms with Crippen LogP contribution in [-0.2, 0) is 10.0 Å². The maximum absolute atomic E-state index is 13.8. The van der Waals surface area contributed by atoms with Gasteiger partial charge in [-0.3, -0.25) is 0 Å². The van der Waals surface area contributed by atoms with Crippen LogP contribution in [0.1, 0.15) is 0 Å². The van der Waals surface area contributed by atoms with E-state index in [1.807, 2.05) is 0 Å². The lowest BCUT2D eigenvalue weighted by Gasteiger charge is -2.23. The molecule has 21 heavy (non-hydrogen) atoms. The van der Waals surface area contributed by atoms with E-state index in [9.17, 15) is 26.0 Å². The molecule has 0 radical (unpaired) electrons. The molecule has 0 saturated carbocycles. The van der Waals surface area contributed by atoms with Crippen LogP contribution in [0.4, 0.5) is 23.2 Å². The molecular weight excluding hydrogens is 340 g/mol. The Morgan fingerprint density at radius 3 is 2.38 bits per heavy atom. The van der Waals surface area contributed by atoms with Crippen molar-refractivity contribution in [3.05, 3.63) is 23.0 Å². The zero-order chi connectivity index (χ0) is 16.4. The molecule has 0 heterocycles. The number of rotatable bonds is 5. The predicted molar refractivity (Wildman–Crippen MR) is 67.7 cm³/mol. The first-order chi connectivity index (χ1) is 9.49. The number of hydrogen-bond acceptors (Lipinski definition) is 4. The van der Waals surface area contributed by atoms with Crippen LogP contribution >= 0.6 is 11.6 Å². The molecule has 0 aliphatic rings. The predicted octanol–water partition coefficient (Wildman–Crippen LogP) is 1.61. The van der Waals surface area contributed by atoms with Crippen molar-refractivity contribution < 1.29 is 31.1 Å². The summed E-state index contributed by atoms with van der Waals surface area (Å²) in [5.41, 5.74) is 5.09. The average Bonchev–Trinajstić information content (AvgIpc) is 2.31. The van der Waals surface area contributed by atoms with Gasteiger partial charge in [-0.05, 0) is 12.1 Å². The number of sulfonamides is 1. The lowest BCUT2D eigenvalue weighted by molar-refractivity contribution is -0.136. The van der Waals surface area contributed by atoms with Crippen LogP contribution in [0.2, 0.25) is 5.02 Å². The van der Waals surface area contributed by atoms with Gasteiger partial charge in [0.15, 0.2) is 5.82 Å². The number of hydrogen-bond donors (Lipinski definition) is 2. The number of nitrogens with zero attached hydrogens (tertiary/aromatic N) is 1. The van der Waals surface area contributed by atoms with E-state index in [4.69, 9.17) is 22.4 Å². The van der Waals surface area contributed by atoms with E-state index in [1.54, 1.807) is 0 Å². The van der Waals surface area contributed by atoms with Gasteiger partial charge in [-0.1, -0.05) is 11.6 Å². The zero-order valence-electron chi connectivity index (χ0n) is 10.4. The summed E-state index contributed by atoms with van der Waals surface area (Å²) in [6.45, 7) is -3.59. The summed E-state index contributed by atoms with van der Waals surface area (Å²) >= 11 is 5.43. The summed E-state index contributed by atoms with van der Waals surface area (Å²) in [7, 11) is -4.86. The molecule has 1 aromatic rings. The number of alkyl halides is 3. The van der Waals surface area contributed by atoms with E-state index in [-0.39, 0.29) is 9.99 Å². The molecule has 0 atom stereocenters. The Morgan fingerprint density at radius 1 is 1.33 bits per heavy atom. The molecule has 3 N–H and O–H groups in total. The average molecular weight is 351 g/mol. The zero-order valence-corrected chi connectivity index (χ0v) is 11.9. The van der Waals surface area contributed by atoms with Crippen molar-refractivity contribution >= 4 is 27.3 Å². The van der Waals surface area contributed by atoms with E-state index < -0.39 is 51.6 Å². The smallest absolute Gasteiger partial charge is 0.399 e. The van der Waals surface area contributed by atoms with Crippen molar-refractivity contribution in [2.24, 2.45) is 0 Å². The summed E-state index contributed by atoms with van der Waals surface area (Å²) in [5.74, 6) is -1.41. The third-order valence-electron chi connectivity index (χ3n) is 2.34. The highest BCUT2D eigenvalue weighted by atomic mass is 35.5. The highest BCUT2D eigenvalue weighted by Gasteiger charge is 2.38. The Morgan fingerprint density at radius 2 is 1.90 bits per heavy atom. The Bertz CT molecular complexity index is 621. The number of benzene rings is 1. The summed E-state index contributed by atoms with van der Waals surface area (Å²) in [4.78, 5) is -1.08. The molecule has 120 valence electrons. The number of aliphatic hydroxyl groups excluding tert-OH is 1. The maximum atomic E-state index is 13.8. The first-order valence-corrected chi connectivity index (χ1v) is 7.23. The van der Waals surface area contributed by atoms with Crippen molar-refractivity contribution in [2.45, 2.75) is 11.1 Å². The Labute approximate surface area is 123 Å². The molecule has 0 bridgehead atoms. The first-order valence-electron chi connectivity index (χ1n) is 5.41. The molecule has 11 heteroatoms. The quantitative estimate of drug-likeness (QED) is 0.624. The fourth-order valence-electron chi connectivity index (χ4n) is 1.51. The molecule has 1 aromatic carbocycles. The van der Waals surface area contributed by atoms with E-state index in [0.29, 0.717) is 6.07 Å². The maximum Gasteiger partial charge on any atom is 0.402 e. The van der Waals surface area contributed by atoms with Crippen molar-refractivity contribution in [3.8, 4) is 0 Å². The van der Waals surface area contributed by atoms with Gasteiger partial charge in [-0.15, -0.1) is 0 Å². The molecule has 0 fully saturated rings. The Balaban J connectivity index is 3.36. The molecule has 1 rings (SSSR count). The second kappa shape index (κ2) is 6.34.